The van der Waals surface area contributed by atoms with Crippen LogP contribution in [0.15, 0.2) is 52.9 Å². The molecule has 12 heteroatoms. The largest absolute Gasteiger partial charge is 0.447 e. The van der Waals surface area contributed by atoms with Crippen molar-refractivity contribution < 1.29 is 24.2 Å². The summed E-state index contributed by atoms with van der Waals surface area (Å²) in [5.74, 6) is -1.16. The van der Waals surface area contributed by atoms with Gasteiger partial charge in [-0.15, -0.1) is 0 Å². The lowest BCUT2D eigenvalue weighted by atomic mass is 9.64. The Morgan fingerprint density at radius 1 is 0.833 bits per heavy atom. The van der Waals surface area contributed by atoms with E-state index in [1.54, 1.807) is 12.1 Å². The molecular formula is C30H29Cl2N3O7. The van der Waals surface area contributed by atoms with E-state index in [1.165, 1.54) is 0 Å². The summed E-state index contributed by atoms with van der Waals surface area (Å²) in [6.45, 7) is 8.20. The van der Waals surface area contributed by atoms with Gasteiger partial charge in [0.05, 0.1) is 26.0 Å². The highest BCUT2D eigenvalue weighted by Crippen LogP contribution is 2.55. The number of carbonyl (C=O) groups is 2. The van der Waals surface area contributed by atoms with E-state index in [4.69, 9.17) is 27.9 Å². The molecule has 0 saturated carbocycles. The van der Waals surface area contributed by atoms with E-state index < -0.39 is 27.1 Å². The molecule has 220 valence electrons. The van der Waals surface area contributed by atoms with Crippen molar-refractivity contribution >= 4 is 46.1 Å². The molecule has 2 aliphatic carbocycles. The highest BCUT2D eigenvalue weighted by molar-refractivity contribution is 6.37. The van der Waals surface area contributed by atoms with Crippen LogP contribution in [0.2, 0.25) is 10.0 Å². The number of benzene rings is 2. The summed E-state index contributed by atoms with van der Waals surface area (Å²) >= 11 is 13.3. The summed E-state index contributed by atoms with van der Waals surface area (Å²) in [7, 11) is 1.91. The highest BCUT2D eigenvalue weighted by atomic mass is 35.5. The van der Waals surface area contributed by atoms with Gasteiger partial charge in [0.15, 0.2) is 17.3 Å². The number of nitro groups is 2. The number of nitrogens with zero attached hydrogens (tertiary/aromatic N) is 3. The van der Waals surface area contributed by atoms with Crippen LogP contribution in [0.4, 0.5) is 11.4 Å². The average molecular weight is 614 g/mol. The highest BCUT2D eigenvalue weighted by Gasteiger charge is 2.48. The van der Waals surface area contributed by atoms with E-state index in [0.29, 0.717) is 42.4 Å². The minimum Gasteiger partial charge on any atom is -0.447 e. The van der Waals surface area contributed by atoms with Crippen LogP contribution >= 0.6 is 23.2 Å². The summed E-state index contributed by atoms with van der Waals surface area (Å²) in [6, 6.07) is 6.09. The SMILES string of the molecule is CN1C2=C(C(=O)CC(C)(C)C2)C(c2cc(Cl)c(Oc3ccc([N+](=O)[O-])cc3[N+](=O)[O-])c(Cl)c2)C2=C1CC(C)(C)CC2=O. The molecule has 1 heterocycles. The Morgan fingerprint density at radius 2 is 1.33 bits per heavy atom. The first-order valence-corrected chi connectivity index (χ1v) is 14.1. The Hall–Kier alpha value is -3.76. The second kappa shape index (κ2) is 10.2. The zero-order valence-corrected chi connectivity index (χ0v) is 25.3. The van der Waals surface area contributed by atoms with Crippen molar-refractivity contribution in [3.63, 3.8) is 0 Å². The third kappa shape index (κ3) is 5.18. The third-order valence-electron chi connectivity index (χ3n) is 8.10. The molecule has 1 aliphatic heterocycles. The molecular weight excluding hydrogens is 585 g/mol. The van der Waals surface area contributed by atoms with Crippen LogP contribution in [-0.2, 0) is 9.59 Å². The lowest BCUT2D eigenvalue weighted by Crippen LogP contribution is -2.43. The maximum absolute atomic E-state index is 13.7. The zero-order chi connectivity index (χ0) is 30.9. The Morgan fingerprint density at radius 3 is 1.79 bits per heavy atom. The van der Waals surface area contributed by atoms with E-state index in [9.17, 15) is 29.8 Å². The summed E-state index contributed by atoms with van der Waals surface area (Å²) in [5.41, 5.74) is 1.76. The molecule has 0 N–H and O–H groups in total. The first-order valence-electron chi connectivity index (χ1n) is 13.4. The van der Waals surface area contributed by atoms with Crippen LogP contribution in [0.5, 0.6) is 11.5 Å². The fraction of sp³-hybridized carbons (Fsp3) is 0.400. The monoisotopic (exact) mass is 613 g/mol. The van der Waals surface area contributed by atoms with Gasteiger partial charge < -0.3 is 9.64 Å². The van der Waals surface area contributed by atoms with Crippen molar-refractivity contribution in [1.82, 2.24) is 4.90 Å². The van der Waals surface area contributed by atoms with Crippen LogP contribution in [0.25, 0.3) is 0 Å². The molecule has 3 aliphatic rings. The lowest BCUT2D eigenvalue weighted by molar-refractivity contribution is -0.394. The van der Waals surface area contributed by atoms with Crippen LogP contribution in [0, 0.1) is 31.1 Å². The summed E-state index contributed by atoms with van der Waals surface area (Å²) in [6.07, 6.45) is 1.95. The standard InChI is InChI=1S/C30H29Cl2N3O7/c1-29(2)11-20-26(22(36)13-29)25(27-21(33(20)5)12-30(3,4)14-23(27)37)15-8-17(31)28(18(32)9-15)42-24-7-6-16(34(38)39)10-19(24)35(40)41/h6-10,25H,11-14H2,1-5H3. The molecule has 0 fully saturated rings. The fourth-order valence-electron chi connectivity index (χ4n) is 6.30. The van der Waals surface area contributed by atoms with Crippen molar-refractivity contribution in [2.24, 2.45) is 10.8 Å². The Balaban J connectivity index is 1.64. The fourth-order valence-corrected chi connectivity index (χ4v) is 6.88. The normalized spacial score (nSPS) is 19.9. The molecule has 2 aromatic rings. The molecule has 0 atom stereocenters. The van der Waals surface area contributed by atoms with E-state index in [1.807, 2.05) is 11.9 Å². The van der Waals surface area contributed by atoms with E-state index in [2.05, 4.69) is 27.7 Å². The maximum atomic E-state index is 13.7. The maximum Gasteiger partial charge on any atom is 0.318 e. The Kier molecular flexibility index (Phi) is 7.22. The van der Waals surface area contributed by atoms with Gasteiger partial charge in [0.25, 0.3) is 5.69 Å². The summed E-state index contributed by atoms with van der Waals surface area (Å²) < 4.78 is 5.74. The molecule has 5 rings (SSSR count). The molecule has 0 saturated heterocycles. The molecule has 10 nitrogen and oxygen atoms in total. The van der Waals surface area contributed by atoms with Crippen molar-refractivity contribution in [1.29, 1.82) is 0 Å². The number of hydrogen-bond acceptors (Lipinski definition) is 8. The number of non-ortho nitro benzene ring substituents is 1. The molecule has 0 unspecified atom stereocenters. The Bertz CT molecular complexity index is 1580. The number of ether oxygens (including phenoxy) is 1. The van der Waals surface area contributed by atoms with Crippen molar-refractivity contribution in [2.45, 2.75) is 59.3 Å². The van der Waals surface area contributed by atoms with E-state index >= 15 is 0 Å². The van der Waals surface area contributed by atoms with Crippen LogP contribution in [0.1, 0.15) is 64.9 Å². The molecule has 0 aromatic heterocycles. The molecule has 42 heavy (non-hydrogen) atoms. The van der Waals surface area contributed by atoms with Gasteiger partial charge in [-0.2, -0.15) is 0 Å². The van der Waals surface area contributed by atoms with Gasteiger partial charge in [0.1, 0.15) is 0 Å². The molecule has 0 spiro atoms. The van der Waals surface area contributed by atoms with Crippen LogP contribution in [0.3, 0.4) is 0 Å². The number of Topliss-reactive ketones (excluding diaryl/α,β-unsaturated/α-hetero) is 2. The number of ketones is 2. The van der Waals surface area contributed by atoms with Crippen LogP contribution in [-0.4, -0.2) is 33.4 Å². The van der Waals surface area contributed by atoms with Crippen molar-refractivity contribution in [3.8, 4) is 11.5 Å². The number of halogens is 2. The van der Waals surface area contributed by atoms with Crippen molar-refractivity contribution in [3.05, 3.63) is 88.7 Å². The topological polar surface area (TPSA) is 133 Å². The first kappa shape index (κ1) is 29.7. The molecule has 0 bridgehead atoms. The first-order chi connectivity index (χ1) is 19.5. The van der Waals surface area contributed by atoms with Crippen molar-refractivity contribution in [2.75, 3.05) is 7.05 Å². The van der Waals surface area contributed by atoms with Gasteiger partial charge in [0, 0.05) is 54.4 Å². The number of hydrogen-bond donors (Lipinski definition) is 0. The van der Waals surface area contributed by atoms with Gasteiger partial charge in [0.2, 0.25) is 5.75 Å². The molecule has 0 radical (unpaired) electrons. The minimum atomic E-state index is -0.800. The Labute approximate surface area is 252 Å². The predicted octanol–water partition coefficient (Wildman–Crippen LogP) is 7.92. The van der Waals surface area contributed by atoms with Crippen LogP contribution < -0.4 is 4.74 Å². The van der Waals surface area contributed by atoms with Gasteiger partial charge in [-0.25, -0.2) is 0 Å². The minimum absolute atomic E-state index is 0.000514. The van der Waals surface area contributed by atoms with Gasteiger partial charge in [-0.05, 0) is 47.4 Å². The quantitative estimate of drug-likeness (QED) is 0.245. The zero-order valence-electron chi connectivity index (χ0n) is 23.7. The summed E-state index contributed by atoms with van der Waals surface area (Å²) in [5, 5.41) is 22.7. The number of nitro benzene ring substituents is 2. The van der Waals surface area contributed by atoms with E-state index in [-0.39, 0.29) is 43.9 Å². The lowest BCUT2D eigenvalue weighted by Gasteiger charge is -2.48. The molecule has 0 amide bonds. The van der Waals surface area contributed by atoms with Gasteiger partial charge in [-0.3, -0.25) is 29.8 Å². The predicted molar refractivity (Wildman–Crippen MR) is 157 cm³/mol. The second-order valence-corrected chi connectivity index (χ2v) is 13.5. The number of rotatable bonds is 5. The van der Waals surface area contributed by atoms with Gasteiger partial charge >= 0.3 is 5.69 Å². The second-order valence-electron chi connectivity index (χ2n) is 12.7. The third-order valence-corrected chi connectivity index (χ3v) is 8.66. The average Bonchev–Trinajstić information content (AvgIpc) is 2.86. The number of carbonyl (C=O) groups excluding carboxylic acids is 2. The molecule has 2 aromatic carbocycles. The number of allylic oxidation sites excluding steroid dienone is 4. The summed E-state index contributed by atoms with van der Waals surface area (Å²) in [4.78, 5) is 50.6. The smallest absolute Gasteiger partial charge is 0.318 e. The van der Waals surface area contributed by atoms with E-state index in [0.717, 1.165) is 29.6 Å². The van der Waals surface area contributed by atoms with Gasteiger partial charge in [-0.1, -0.05) is 50.9 Å².